The number of aromatic nitrogens is 1. The van der Waals surface area contributed by atoms with Crippen LogP contribution in [0.3, 0.4) is 0 Å². The maximum atomic E-state index is 5.44. The number of aryl methyl sites for hydroxylation is 3. The minimum Gasteiger partial charge on any atom is -0.429 e. The van der Waals surface area contributed by atoms with Crippen molar-refractivity contribution in [3.05, 3.63) is 45.8 Å². The van der Waals surface area contributed by atoms with Crippen molar-refractivity contribution in [2.75, 3.05) is 12.4 Å². The molecule has 17 heavy (non-hydrogen) atoms. The Morgan fingerprint density at radius 1 is 1.24 bits per heavy atom. The van der Waals surface area contributed by atoms with Gasteiger partial charge in [-0.1, -0.05) is 28.1 Å². The fourth-order valence-corrected chi connectivity index (χ4v) is 1.95. The molecule has 90 valence electrons. The molecule has 0 aliphatic carbocycles. The van der Waals surface area contributed by atoms with Crippen molar-refractivity contribution in [3.63, 3.8) is 0 Å². The van der Waals surface area contributed by atoms with Crippen molar-refractivity contribution in [3.8, 4) is 0 Å². The summed E-state index contributed by atoms with van der Waals surface area (Å²) < 4.78 is 6.55. The van der Waals surface area contributed by atoms with Crippen LogP contribution in [0.5, 0.6) is 0 Å². The van der Waals surface area contributed by atoms with E-state index in [1.165, 1.54) is 5.56 Å². The van der Waals surface area contributed by atoms with Crippen molar-refractivity contribution in [1.82, 2.24) is 4.98 Å². The number of oxazole rings is 1. The SMILES string of the molecule is CNc1nc(CCc2ccc(Br)cc2)c(C)o1. The molecule has 0 aliphatic rings. The van der Waals surface area contributed by atoms with E-state index >= 15 is 0 Å². The lowest BCUT2D eigenvalue weighted by Crippen LogP contribution is -1.94. The summed E-state index contributed by atoms with van der Waals surface area (Å²) in [4.78, 5) is 4.37. The molecule has 0 bridgehead atoms. The van der Waals surface area contributed by atoms with Gasteiger partial charge in [-0.15, -0.1) is 0 Å². The average molecular weight is 295 g/mol. The van der Waals surface area contributed by atoms with E-state index in [9.17, 15) is 0 Å². The van der Waals surface area contributed by atoms with Crippen LogP contribution in [-0.2, 0) is 12.8 Å². The highest BCUT2D eigenvalue weighted by atomic mass is 79.9. The van der Waals surface area contributed by atoms with Crippen LogP contribution in [0, 0.1) is 6.92 Å². The van der Waals surface area contributed by atoms with Gasteiger partial charge >= 0.3 is 0 Å². The summed E-state index contributed by atoms with van der Waals surface area (Å²) in [7, 11) is 1.81. The van der Waals surface area contributed by atoms with Crippen LogP contribution >= 0.6 is 15.9 Å². The third-order valence-corrected chi connectivity index (χ3v) is 3.20. The van der Waals surface area contributed by atoms with Crippen LogP contribution < -0.4 is 5.32 Å². The number of benzene rings is 1. The molecule has 1 aromatic carbocycles. The van der Waals surface area contributed by atoms with Crippen molar-refractivity contribution in [2.24, 2.45) is 0 Å². The van der Waals surface area contributed by atoms with Crippen LogP contribution in [0.4, 0.5) is 6.01 Å². The Morgan fingerprint density at radius 2 is 1.94 bits per heavy atom. The smallest absolute Gasteiger partial charge is 0.294 e. The van der Waals surface area contributed by atoms with Crippen molar-refractivity contribution >= 4 is 21.9 Å². The van der Waals surface area contributed by atoms with Gasteiger partial charge in [-0.05, 0) is 37.5 Å². The summed E-state index contributed by atoms with van der Waals surface area (Å²) in [5.41, 5.74) is 2.33. The van der Waals surface area contributed by atoms with Gasteiger partial charge < -0.3 is 9.73 Å². The van der Waals surface area contributed by atoms with E-state index in [1.54, 1.807) is 0 Å². The number of nitrogens with zero attached hydrogens (tertiary/aromatic N) is 1. The highest BCUT2D eigenvalue weighted by molar-refractivity contribution is 9.10. The molecule has 0 amide bonds. The summed E-state index contributed by atoms with van der Waals surface area (Å²) >= 11 is 3.43. The predicted molar refractivity (Wildman–Crippen MR) is 72.3 cm³/mol. The van der Waals surface area contributed by atoms with Crippen LogP contribution in [-0.4, -0.2) is 12.0 Å². The largest absolute Gasteiger partial charge is 0.429 e. The van der Waals surface area contributed by atoms with Gasteiger partial charge in [0.05, 0.1) is 5.69 Å². The molecule has 4 heteroatoms. The summed E-state index contributed by atoms with van der Waals surface area (Å²) in [6.07, 6.45) is 1.88. The number of halogens is 1. The molecule has 0 saturated carbocycles. The minimum absolute atomic E-state index is 0.591. The number of anilines is 1. The number of rotatable bonds is 4. The van der Waals surface area contributed by atoms with Crippen LogP contribution in [0.2, 0.25) is 0 Å². The van der Waals surface area contributed by atoms with Crippen LogP contribution in [0.15, 0.2) is 33.2 Å². The molecule has 1 heterocycles. The van der Waals surface area contributed by atoms with Gasteiger partial charge in [-0.3, -0.25) is 0 Å². The normalized spacial score (nSPS) is 10.5. The van der Waals surface area contributed by atoms with E-state index < -0.39 is 0 Å². The van der Waals surface area contributed by atoms with Crippen molar-refractivity contribution in [1.29, 1.82) is 0 Å². The number of hydrogen-bond acceptors (Lipinski definition) is 3. The Labute approximate surface area is 109 Å². The van der Waals surface area contributed by atoms with E-state index in [1.807, 2.05) is 14.0 Å². The predicted octanol–water partition coefficient (Wildman–Crippen LogP) is 3.57. The lowest BCUT2D eigenvalue weighted by atomic mass is 10.1. The molecule has 0 fully saturated rings. The molecule has 0 unspecified atom stereocenters. The Hall–Kier alpha value is -1.29. The van der Waals surface area contributed by atoms with E-state index in [0.29, 0.717) is 6.01 Å². The van der Waals surface area contributed by atoms with Crippen molar-refractivity contribution in [2.45, 2.75) is 19.8 Å². The maximum Gasteiger partial charge on any atom is 0.294 e. The zero-order chi connectivity index (χ0) is 12.3. The summed E-state index contributed by atoms with van der Waals surface area (Å²) in [6, 6.07) is 8.96. The second-order valence-electron chi connectivity index (χ2n) is 3.90. The molecular formula is C13H15BrN2O. The average Bonchev–Trinajstić information content (AvgIpc) is 2.69. The Bertz CT molecular complexity index is 491. The van der Waals surface area contributed by atoms with Crippen LogP contribution in [0.25, 0.3) is 0 Å². The molecule has 1 aromatic heterocycles. The first-order valence-electron chi connectivity index (χ1n) is 5.57. The first-order valence-corrected chi connectivity index (χ1v) is 6.37. The molecule has 0 spiro atoms. The molecule has 2 rings (SSSR count). The first-order chi connectivity index (χ1) is 8.19. The summed E-state index contributed by atoms with van der Waals surface area (Å²) in [5.74, 6) is 0.895. The standard InChI is InChI=1S/C13H15BrN2O/c1-9-12(16-13(15-2)17-9)8-5-10-3-6-11(14)7-4-10/h3-4,6-7H,5,8H2,1-2H3,(H,15,16). The third-order valence-electron chi connectivity index (χ3n) is 2.67. The highest BCUT2D eigenvalue weighted by Gasteiger charge is 2.08. The van der Waals surface area contributed by atoms with Gasteiger partial charge in [0.1, 0.15) is 5.76 Å². The van der Waals surface area contributed by atoms with Crippen molar-refractivity contribution < 1.29 is 4.42 Å². The van der Waals surface area contributed by atoms with Gasteiger partial charge in [0.2, 0.25) is 0 Å². The summed E-state index contributed by atoms with van der Waals surface area (Å²) in [6.45, 7) is 1.95. The van der Waals surface area contributed by atoms with Gasteiger partial charge in [-0.2, -0.15) is 4.98 Å². The third kappa shape index (κ3) is 3.09. The van der Waals surface area contributed by atoms with E-state index in [0.717, 1.165) is 28.8 Å². The Morgan fingerprint density at radius 3 is 2.53 bits per heavy atom. The minimum atomic E-state index is 0.591. The number of nitrogens with one attached hydrogen (secondary N) is 1. The Kier molecular flexibility index (Phi) is 3.84. The zero-order valence-electron chi connectivity index (χ0n) is 9.96. The molecule has 0 radical (unpaired) electrons. The van der Waals surface area contributed by atoms with Gasteiger partial charge in [0.15, 0.2) is 0 Å². The van der Waals surface area contributed by atoms with Gasteiger partial charge in [0, 0.05) is 11.5 Å². The second kappa shape index (κ2) is 5.36. The van der Waals surface area contributed by atoms with Gasteiger partial charge in [0.25, 0.3) is 6.01 Å². The van der Waals surface area contributed by atoms with E-state index in [-0.39, 0.29) is 0 Å². The maximum absolute atomic E-state index is 5.44. The van der Waals surface area contributed by atoms with E-state index in [4.69, 9.17) is 4.42 Å². The molecule has 0 saturated heterocycles. The monoisotopic (exact) mass is 294 g/mol. The number of hydrogen-bond donors (Lipinski definition) is 1. The highest BCUT2D eigenvalue weighted by Crippen LogP contribution is 2.17. The molecule has 0 aliphatic heterocycles. The Balaban J connectivity index is 2.01. The first kappa shape index (κ1) is 12.2. The lowest BCUT2D eigenvalue weighted by molar-refractivity contribution is 0.540. The van der Waals surface area contributed by atoms with Gasteiger partial charge in [-0.25, -0.2) is 0 Å². The van der Waals surface area contributed by atoms with Crippen LogP contribution in [0.1, 0.15) is 17.0 Å². The fraction of sp³-hybridized carbons (Fsp3) is 0.308. The topological polar surface area (TPSA) is 38.1 Å². The molecule has 1 N–H and O–H groups in total. The quantitative estimate of drug-likeness (QED) is 0.937. The fourth-order valence-electron chi connectivity index (χ4n) is 1.68. The molecule has 2 aromatic rings. The summed E-state index contributed by atoms with van der Waals surface area (Å²) in [5, 5.41) is 2.91. The molecular weight excluding hydrogens is 280 g/mol. The second-order valence-corrected chi connectivity index (χ2v) is 4.81. The lowest BCUT2D eigenvalue weighted by Gasteiger charge is -1.99. The zero-order valence-corrected chi connectivity index (χ0v) is 11.5. The van der Waals surface area contributed by atoms with E-state index in [2.05, 4.69) is 50.5 Å². The molecule has 0 atom stereocenters. The molecule has 3 nitrogen and oxygen atoms in total.